The Morgan fingerprint density at radius 2 is 2.05 bits per heavy atom. The zero-order chi connectivity index (χ0) is 13.7. The molecule has 0 bridgehead atoms. The van der Waals surface area contributed by atoms with Gasteiger partial charge >= 0.3 is 5.97 Å². The minimum absolute atomic E-state index is 0.0785. The fourth-order valence-electron chi connectivity index (χ4n) is 2.18. The number of nitrogens with two attached hydrogens (primary N) is 1. The highest BCUT2D eigenvalue weighted by atomic mass is 16.7. The molecule has 0 aromatic heterocycles. The molecule has 1 aliphatic heterocycles. The van der Waals surface area contributed by atoms with Crippen LogP contribution in [0.4, 0.5) is 5.69 Å². The molecular formula is C14H19NO4. The molecule has 0 radical (unpaired) electrons. The van der Waals surface area contributed by atoms with Crippen molar-refractivity contribution in [3.63, 3.8) is 0 Å². The maximum Gasteiger partial charge on any atom is 0.311 e. The fourth-order valence-corrected chi connectivity index (χ4v) is 2.18. The van der Waals surface area contributed by atoms with Crippen molar-refractivity contribution in [2.24, 2.45) is 0 Å². The van der Waals surface area contributed by atoms with Gasteiger partial charge in [0.2, 0.25) is 0 Å². The molecule has 0 aliphatic carbocycles. The predicted molar refractivity (Wildman–Crippen MR) is 70.4 cm³/mol. The highest BCUT2D eigenvalue weighted by Crippen LogP contribution is 2.30. The summed E-state index contributed by atoms with van der Waals surface area (Å²) in [5.74, 6) is -1.26. The lowest BCUT2D eigenvalue weighted by Crippen LogP contribution is -2.36. The van der Waals surface area contributed by atoms with E-state index in [0.717, 1.165) is 5.56 Å². The van der Waals surface area contributed by atoms with Crippen LogP contribution in [0.5, 0.6) is 0 Å². The Kier molecular flexibility index (Phi) is 4.39. The fraction of sp³-hybridized carbons (Fsp3) is 0.500. The smallest absolute Gasteiger partial charge is 0.311 e. The summed E-state index contributed by atoms with van der Waals surface area (Å²) in [6, 6.07) is 7.50. The number of ether oxygens (including phenoxy) is 3. The summed E-state index contributed by atoms with van der Waals surface area (Å²) in [6.07, 6.45) is 0.521. The van der Waals surface area contributed by atoms with Gasteiger partial charge in [-0.15, -0.1) is 0 Å². The monoisotopic (exact) mass is 265 g/mol. The summed E-state index contributed by atoms with van der Waals surface area (Å²) >= 11 is 0. The number of esters is 1. The molecule has 104 valence electrons. The molecule has 19 heavy (non-hydrogen) atoms. The first-order valence-electron chi connectivity index (χ1n) is 6.42. The maximum atomic E-state index is 11.7. The minimum Gasteiger partial charge on any atom is -0.466 e. The van der Waals surface area contributed by atoms with Gasteiger partial charge in [-0.2, -0.15) is 0 Å². The molecule has 0 amide bonds. The Hall–Kier alpha value is -1.59. The summed E-state index contributed by atoms with van der Waals surface area (Å²) in [6.45, 7) is 3.08. The van der Waals surface area contributed by atoms with Crippen molar-refractivity contribution in [3.05, 3.63) is 29.8 Å². The third-order valence-corrected chi connectivity index (χ3v) is 3.05. The van der Waals surface area contributed by atoms with Crippen LogP contribution in [0.1, 0.15) is 18.9 Å². The molecule has 1 heterocycles. The van der Waals surface area contributed by atoms with Crippen molar-refractivity contribution in [3.8, 4) is 0 Å². The molecule has 1 aromatic carbocycles. The second kappa shape index (κ2) is 6.04. The van der Waals surface area contributed by atoms with Crippen molar-refractivity contribution in [2.45, 2.75) is 25.6 Å². The Morgan fingerprint density at radius 1 is 1.37 bits per heavy atom. The third-order valence-electron chi connectivity index (χ3n) is 3.05. The zero-order valence-corrected chi connectivity index (χ0v) is 11.1. The van der Waals surface area contributed by atoms with Crippen molar-refractivity contribution in [1.82, 2.24) is 0 Å². The van der Waals surface area contributed by atoms with Crippen LogP contribution in [0.3, 0.4) is 0 Å². The number of nitrogen functional groups attached to an aromatic ring is 1. The van der Waals surface area contributed by atoms with Crippen LogP contribution in [0, 0.1) is 0 Å². The van der Waals surface area contributed by atoms with E-state index in [9.17, 15) is 4.79 Å². The summed E-state index contributed by atoms with van der Waals surface area (Å²) in [4.78, 5) is 11.7. The molecule has 0 saturated carbocycles. The van der Waals surface area contributed by atoms with E-state index in [1.165, 1.54) is 0 Å². The minimum atomic E-state index is -0.943. The normalized spacial score (nSPS) is 17.3. The molecule has 1 fully saturated rings. The van der Waals surface area contributed by atoms with Gasteiger partial charge in [0.15, 0.2) is 5.79 Å². The van der Waals surface area contributed by atoms with Gasteiger partial charge in [0.25, 0.3) is 0 Å². The first-order chi connectivity index (χ1) is 9.15. The van der Waals surface area contributed by atoms with E-state index in [-0.39, 0.29) is 12.4 Å². The van der Waals surface area contributed by atoms with Gasteiger partial charge in [0.05, 0.1) is 26.2 Å². The lowest BCUT2D eigenvalue weighted by molar-refractivity contribution is -0.181. The van der Waals surface area contributed by atoms with Crippen LogP contribution in [-0.2, 0) is 25.4 Å². The first kappa shape index (κ1) is 13.8. The quantitative estimate of drug-likeness (QED) is 0.645. The van der Waals surface area contributed by atoms with Crippen LogP contribution < -0.4 is 5.73 Å². The Bertz CT molecular complexity index is 441. The molecule has 0 atom stereocenters. The topological polar surface area (TPSA) is 70.8 Å². The lowest BCUT2D eigenvalue weighted by Gasteiger charge is -2.27. The number of anilines is 1. The van der Waals surface area contributed by atoms with Gasteiger partial charge in [-0.25, -0.2) is 0 Å². The standard InChI is InChI=1S/C14H19NO4/c1-2-17-13(16)10-14(18-7-8-19-14)9-11-5-3-4-6-12(11)15/h3-6H,2,7-10,15H2,1H3. The molecule has 5 nitrogen and oxygen atoms in total. The average molecular weight is 265 g/mol. The number of para-hydroxylation sites is 1. The predicted octanol–water partition coefficient (Wildman–Crippen LogP) is 1.51. The number of carbonyl (C=O) groups excluding carboxylic acids is 1. The Balaban J connectivity index is 2.11. The van der Waals surface area contributed by atoms with Crippen LogP contribution in [0.25, 0.3) is 0 Å². The van der Waals surface area contributed by atoms with E-state index in [1.807, 2.05) is 24.3 Å². The first-order valence-corrected chi connectivity index (χ1v) is 6.42. The maximum absolute atomic E-state index is 11.7. The van der Waals surface area contributed by atoms with Gasteiger partial charge in [0, 0.05) is 12.1 Å². The SMILES string of the molecule is CCOC(=O)CC1(Cc2ccccc2N)OCCO1. The van der Waals surface area contributed by atoms with Crippen molar-refractivity contribution in [1.29, 1.82) is 0 Å². The second-order valence-corrected chi connectivity index (χ2v) is 4.46. The summed E-state index contributed by atoms with van der Waals surface area (Å²) < 4.78 is 16.2. The van der Waals surface area contributed by atoms with E-state index in [0.29, 0.717) is 31.9 Å². The van der Waals surface area contributed by atoms with Crippen LogP contribution in [0.2, 0.25) is 0 Å². The zero-order valence-electron chi connectivity index (χ0n) is 11.1. The molecule has 0 spiro atoms. The number of carbonyl (C=O) groups is 1. The van der Waals surface area contributed by atoms with Crippen molar-refractivity contribution >= 4 is 11.7 Å². The molecular weight excluding hydrogens is 246 g/mol. The molecule has 2 N–H and O–H groups in total. The van der Waals surface area contributed by atoms with E-state index in [4.69, 9.17) is 19.9 Å². The Labute approximate surface area is 112 Å². The number of hydrogen-bond donors (Lipinski definition) is 1. The molecule has 1 aromatic rings. The lowest BCUT2D eigenvalue weighted by atomic mass is 10.0. The molecule has 1 saturated heterocycles. The second-order valence-electron chi connectivity index (χ2n) is 4.46. The molecule has 2 rings (SSSR count). The Morgan fingerprint density at radius 3 is 2.68 bits per heavy atom. The van der Waals surface area contributed by atoms with Crippen LogP contribution in [-0.4, -0.2) is 31.6 Å². The summed E-state index contributed by atoms with van der Waals surface area (Å²) in [5.41, 5.74) is 7.50. The van der Waals surface area contributed by atoms with Gasteiger partial charge in [-0.3, -0.25) is 4.79 Å². The van der Waals surface area contributed by atoms with E-state index < -0.39 is 5.79 Å². The molecule has 0 unspecified atom stereocenters. The van der Waals surface area contributed by atoms with Gasteiger partial charge in [-0.05, 0) is 18.6 Å². The van der Waals surface area contributed by atoms with Crippen LogP contribution in [0.15, 0.2) is 24.3 Å². The van der Waals surface area contributed by atoms with Gasteiger partial charge < -0.3 is 19.9 Å². The third kappa shape index (κ3) is 3.45. The average Bonchev–Trinajstić information content (AvgIpc) is 2.81. The molecule has 1 aliphatic rings. The molecule has 5 heteroatoms. The number of benzene rings is 1. The highest BCUT2D eigenvalue weighted by Gasteiger charge is 2.40. The van der Waals surface area contributed by atoms with Gasteiger partial charge in [-0.1, -0.05) is 18.2 Å². The van der Waals surface area contributed by atoms with Crippen molar-refractivity contribution < 1.29 is 19.0 Å². The van der Waals surface area contributed by atoms with Gasteiger partial charge in [0.1, 0.15) is 0 Å². The van der Waals surface area contributed by atoms with E-state index >= 15 is 0 Å². The van der Waals surface area contributed by atoms with Crippen LogP contribution >= 0.6 is 0 Å². The largest absolute Gasteiger partial charge is 0.466 e. The summed E-state index contributed by atoms with van der Waals surface area (Å²) in [7, 11) is 0. The highest BCUT2D eigenvalue weighted by molar-refractivity contribution is 5.70. The summed E-state index contributed by atoms with van der Waals surface area (Å²) in [5, 5.41) is 0. The van der Waals surface area contributed by atoms with Crippen molar-refractivity contribution in [2.75, 3.05) is 25.6 Å². The van der Waals surface area contributed by atoms with E-state index in [2.05, 4.69) is 0 Å². The number of rotatable bonds is 5. The van der Waals surface area contributed by atoms with E-state index in [1.54, 1.807) is 6.92 Å². The number of hydrogen-bond acceptors (Lipinski definition) is 5.